The maximum atomic E-state index is 6.09. The average molecular weight is 249 g/mol. The highest BCUT2D eigenvalue weighted by molar-refractivity contribution is 6.33. The van der Waals surface area contributed by atoms with Crippen LogP contribution in [0, 0.1) is 0 Å². The Hall–Kier alpha value is -1.74. The number of pyridine rings is 1. The molecule has 0 spiro atoms. The fourth-order valence-electron chi connectivity index (χ4n) is 1.54. The van der Waals surface area contributed by atoms with Gasteiger partial charge in [0.15, 0.2) is 0 Å². The Bertz CT molecular complexity index is 511. The van der Waals surface area contributed by atoms with Crippen LogP contribution in [0.3, 0.4) is 0 Å². The summed E-state index contributed by atoms with van der Waals surface area (Å²) in [6, 6.07) is 9.34. The van der Waals surface area contributed by atoms with Gasteiger partial charge in [-0.1, -0.05) is 11.6 Å². The third-order valence-corrected chi connectivity index (χ3v) is 2.59. The van der Waals surface area contributed by atoms with Crippen molar-refractivity contribution in [2.24, 2.45) is 0 Å². The van der Waals surface area contributed by atoms with Gasteiger partial charge in [0.2, 0.25) is 0 Å². The number of anilines is 1. The van der Waals surface area contributed by atoms with E-state index in [0.29, 0.717) is 17.3 Å². The van der Waals surface area contributed by atoms with Crippen molar-refractivity contribution in [1.82, 2.24) is 4.98 Å². The van der Waals surface area contributed by atoms with Crippen LogP contribution in [-0.2, 0) is 0 Å². The normalized spacial score (nSPS) is 10.2. The van der Waals surface area contributed by atoms with E-state index in [9.17, 15) is 0 Å². The van der Waals surface area contributed by atoms with Crippen molar-refractivity contribution in [2.75, 3.05) is 12.3 Å². The van der Waals surface area contributed by atoms with Crippen LogP contribution in [0.5, 0.6) is 5.75 Å². The zero-order valence-electron chi connectivity index (χ0n) is 9.48. The molecule has 88 valence electrons. The van der Waals surface area contributed by atoms with Gasteiger partial charge >= 0.3 is 0 Å². The summed E-state index contributed by atoms with van der Waals surface area (Å²) in [5.74, 6) is 0.836. The molecule has 0 atom stereocenters. The first kappa shape index (κ1) is 11.7. The van der Waals surface area contributed by atoms with Gasteiger partial charge in [0.1, 0.15) is 5.75 Å². The Labute approximate surface area is 105 Å². The van der Waals surface area contributed by atoms with Gasteiger partial charge < -0.3 is 10.5 Å². The van der Waals surface area contributed by atoms with Gasteiger partial charge in [0.25, 0.3) is 0 Å². The van der Waals surface area contributed by atoms with Gasteiger partial charge in [-0.2, -0.15) is 0 Å². The summed E-state index contributed by atoms with van der Waals surface area (Å²) in [4.78, 5) is 4.23. The summed E-state index contributed by atoms with van der Waals surface area (Å²) in [6.45, 7) is 2.60. The molecule has 1 heterocycles. The second-order valence-electron chi connectivity index (χ2n) is 3.56. The molecule has 0 aliphatic heterocycles. The van der Waals surface area contributed by atoms with Crippen molar-refractivity contribution in [3.05, 3.63) is 41.6 Å². The minimum Gasteiger partial charge on any atom is -0.494 e. The van der Waals surface area contributed by atoms with Gasteiger partial charge in [-0.25, -0.2) is 0 Å². The molecule has 4 heteroatoms. The highest BCUT2D eigenvalue weighted by Crippen LogP contribution is 2.28. The first-order valence-corrected chi connectivity index (χ1v) is 5.72. The smallest absolute Gasteiger partial charge is 0.119 e. The van der Waals surface area contributed by atoms with E-state index in [-0.39, 0.29) is 0 Å². The first-order chi connectivity index (χ1) is 8.20. The lowest BCUT2D eigenvalue weighted by Gasteiger charge is -2.06. The zero-order valence-corrected chi connectivity index (χ0v) is 10.2. The Balaban J connectivity index is 2.33. The molecule has 1 aromatic heterocycles. The summed E-state index contributed by atoms with van der Waals surface area (Å²) >= 11 is 6.09. The molecule has 0 saturated carbocycles. The molecule has 0 aliphatic carbocycles. The van der Waals surface area contributed by atoms with E-state index < -0.39 is 0 Å². The fourth-order valence-corrected chi connectivity index (χ4v) is 1.82. The predicted molar refractivity (Wildman–Crippen MR) is 70.3 cm³/mol. The van der Waals surface area contributed by atoms with Crippen molar-refractivity contribution in [3.8, 4) is 17.0 Å². The Kier molecular flexibility index (Phi) is 3.49. The number of aromatic nitrogens is 1. The lowest BCUT2D eigenvalue weighted by atomic mass is 10.1. The van der Waals surface area contributed by atoms with Crippen LogP contribution in [0.1, 0.15) is 6.92 Å². The van der Waals surface area contributed by atoms with E-state index >= 15 is 0 Å². The van der Waals surface area contributed by atoms with Crippen LogP contribution >= 0.6 is 11.6 Å². The van der Waals surface area contributed by atoms with Crippen LogP contribution in [0.2, 0.25) is 5.02 Å². The molecule has 0 bridgehead atoms. The van der Waals surface area contributed by atoms with Gasteiger partial charge in [-0.05, 0) is 37.3 Å². The molecule has 0 amide bonds. The predicted octanol–water partition coefficient (Wildman–Crippen LogP) is 3.38. The second kappa shape index (κ2) is 5.06. The number of benzene rings is 1. The average Bonchev–Trinajstić information content (AvgIpc) is 2.31. The molecule has 17 heavy (non-hydrogen) atoms. The number of rotatable bonds is 3. The number of hydrogen-bond donors (Lipinski definition) is 1. The lowest BCUT2D eigenvalue weighted by molar-refractivity contribution is 0.340. The molecule has 2 N–H and O–H groups in total. The number of hydrogen-bond acceptors (Lipinski definition) is 3. The Morgan fingerprint density at radius 2 is 2.00 bits per heavy atom. The van der Waals surface area contributed by atoms with Crippen LogP contribution in [0.4, 0.5) is 5.69 Å². The summed E-state index contributed by atoms with van der Waals surface area (Å²) in [7, 11) is 0. The molecule has 0 unspecified atom stereocenters. The molecule has 3 nitrogen and oxygen atoms in total. The van der Waals surface area contributed by atoms with Crippen molar-refractivity contribution in [2.45, 2.75) is 6.92 Å². The van der Waals surface area contributed by atoms with Gasteiger partial charge in [-0.3, -0.25) is 4.98 Å². The summed E-state index contributed by atoms with van der Waals surface area (Å²) in [5, 5.41) is 0.550. The van der Waals surface area contributed by atoms with E-state index in [1.165, 1.54) is 0 Å². The first-order valence-electron chi connectivity index (χ1n) is 5.35. The highest BCUT2D eigenvalue weighted by atomic mass is 35.5. The van der Waals surface area contributed by atoms with E-state index in [1.54, 1.807) is 12.3 Å². The van der Waals surface area contributed by atoms with Crippen molar-refractivity contribution < 1.29 is 4.74 Å². The van der Waals surface area contributed by atoms with Crippen molar-refractivity contribution in [1.29, 1.82) is 0 Å². The maximum Gasteiger partial charge on any atom is 0.119 e. The van der Waals surface area contributed by atoms with Gasteiger partial charge in [0.05, 0.1) is 29.2 Å². The number of halogens is 1. The standard InChI is InChI=1S/C13H13ClN2O/c1-2-17-11-5-3-9(4-6-11)13-12(14)7-10(15)8-16-13/h3-8H,2,15H2,1H3. The summed E-state index contributed by atoms with van der Waals surface area (Å²) < 4.78 is 5.37. The summed E-state index contributed by atoms with van der Waals surface area (Å²) in [5.41, 5.74) is 7.83. The molecule has 2 aromatic rings. The van der Waals surface area contributed by atoms with E-state index in [1.807, 2.05) is 31.2 Å². The molecule has 2 rings (SSSR count). The minimum atomic E-state index is 0.550. The van der Waals surface area contributed by atoms with Gasteiger partial charge in [0, 0.05) is 5.56 Å². The number of nitrogens with two attached hydrogens (primary N) is 1. The van der Waals surface area contributed by atoms with Crippen LogP contribution in [-0.4, -0.2) is 11.6 Å². The van der Waals surface area contributed by atoms with E-state index in [2.05, 4.69) is 4.98 Å². The molecular weight excluding hydrogens is 236 g/mol. The number of ether oxygens (including phenoxy) is 1. The third-order valence-electron chi connectivity index (χ3n) is 2.30. The molecule has 0 aliphatic rings. The minimum absolute atomic E-state index is 0.550. The van der Waals surface area contributed by atoms with Crippen LogP contribution < -0.4 is 10.5 Å². The van der Waals surface area contributed by atoms with Crippen LogP contribution in [0.25, 0.3) is 11.3 Å². The number of nitrogens with zero attached hydrogens (tertiary/aromatic N) is 1. The van der Waals surface area contributed by atoms with E-state index in [0.717, 1.165) is 17.0 Å². The molecule has 0 fully saturated rings. The maximum absolute atomic E-state index is 6.09. The molecule has 1 aromatic carbocycles. The highest BCUT2D eigenvalue weighted by Gasteiger charge is 2.05. The number of nitrogen functional groups attached to an aromatic ring is 1. The lowest BCUT2D eigenvalue weighted by Crippen LogP contribution is -1.92. The van der Waals surface area contributed by atoms with Crippen molar-refractivity contribution in [3.63, 3.8) is 0 Å². The zero-order chi connectivity index (χ0) is 12.3. The van der Waals surface area contributed by atoms with Gasteiger partial charge in [-0.15, -0.1) is 0 Å². The Morgan fingerprint density at radius 1 is 1.29 bits per heavy atom. The summed E-state index contributed by atoms with van der Waals surface area (Å²) in [6.07, 6.45) is 1.59. The quantitative estimate of drug-likeness (QED) is 0.906. The third kappa shape index (κ3) is 2.68. The molecule has 0 saturated heterocycles. The second-order valence-corrected chi connectivity index (χ2v) is 3.96. The molecule has 0 radical (unpaired) electrons. The SMILES string of the molecule is CCOc1ccc(-c2ncc(N)cc2Cl)cc1. The van der Waals surface area contributed by atoms with E-state index in [4.69, 9.17) is 22.1 Å². The largest absolute Gasteiger partial charge is 0.494 e. The van der Waals surface area contributed by atoms with Crippen molar-refractivity contribution >= 4 is 17.3 Å². The Morgan fingerprint density at radius 3 is 2.59 bits per heavy atom. The monoisotopic (exact) mass is 248 g/mol. The fraction of sp³-hybridized carbons (Fsp3) is 0.154. The topological polar surface area (TPSA) is 48.1 Å². The van der Waals surface area contributed by atoms with Crippen LogP contribution in [0.15, 0.2) is 36.5 Å². The molecular formula is C13H13ClN2O.